The van der Waals surface area contributed by atoms with Gasteiger partial charge in [0, 0.05) is 44.8 Å². The molecule has 1 aromatic carbocycles. The van der Waals surface area contributed by atoms with Gasteiger partial charge in [0.1, 0.15) is 6.10 Å². The van der Waals surface area contributed by atoms with Gasteiger partial charge in [-0.25, -0.2) is 0 Å². The molecule has 1 saturated heterocycles. The summed E-state index contributed by atoms with van der Waals surface area (Å²) in [6, 6.07) is 8.15. The van der Waals surface area contributed by atoms with Crippen LogP contribution in [-0.2, 0) is 14.4 Å². The molecule has 0 aromatic heterocycles. The Hall–Kier alpha value is -1.92. The van der Waals surface area contributed by atoms with Crippen LogP contribution in [0.5, 0.6) is 0 Å². The maximum Gasteiger partial charge on any atom is 0.226 e. The number of benzene rings is 1. The maximum absolute atomic E-state index is 12.8. The molecule has 6 heteroatoms. The smallest absolute Gasteiger partial charge is 0.226 e. The number of oxime groups is 1. The molecule has 1 atom stereocenters. The molecule has 6 nitrogen and oxygen atoms in total. The lowest BCUT2D eigenvalue weighted by atomic mass is 9.74. The number of carbonyl (C=O) groups is 1. The molecule has 1 fully saturated rings. The second-order valence-electron chi connectivity index (χ2n) is 7.21. The van der Waals surface area contributed by atoms with Crippen molar-refractivity contribution in [3.63, 3.8) is 0 Å². The summed E-state index contributed by atoms with van der Waals surface area (Å²) in [6.07, 6.45) is 3.22. The minimum absolute atomic E-state index is 0.0437. The van der Waals surface area contributed by atoms with Crippen molar-refractivity contribution in [2.75, 3.05) is 26.4 Å². The second kappa shape index (κ2) is 8.64. The molecule has 2 aliphatic heterocycles. The van der Waals surface area contributed by atoms with Crippen LogP contribution in [0.2, 0.25) is 0 Å². The Bertz CT molecular complexity index is 653. The van der Waals surface area contributed by atoms with E-state index >= 15 is 0 Å². The highest BCUT2D eigenvalue weighted by molar-refractivity contribution is 6.02. The summed E-state index contributed by atoms with van der Waals surface area (Å²) in [6.45, 7) is 3.82. The molecule has 3 rings (SSSR count). The first-order valence-corrected chi connectivity index (χ1v) is 9.40. The summed E-state index contributed by atoms with van der Waals surface area (Å²) in [5, 5.41) is 16.2. The van der Waals surface area contributed by atoms with Gasteiger partial charge in [-0.1, -0.05) is 29.4 Å². The van der Waals surface area contributed by atoms with Gasteiger partial charge in [-0.3, -0.25) is 4.79 Å². The molecular weight excluding hydrogens is 332 g/mol. The van der Waals surface area contributed by atoms with Crippen LogP contribution in [0.4, 0.5) is 0 Å². The fourth-order valence-electron chi connectivity index (χ4n) is 3.78. The molecule has 2 heterocycles. The van der Waals surface area contributed by atoms with Crippen LogP contribution in [0.25, 0.3) is 0 Å². The van der Waals surface area contributed by atoms with E-state index < -0.39 is 5.41 Å². The van der Waals surface area contributed by atoms with Crippen molar-refractivity contribution < 1.29 is 19.5 Å². The van der Waals surface area contributed by atoms with Gasteiger partial charge in [0.15, 0.2) is 0 Å². The number of carbonyl (C=O) groups excluding carboxylic acids is 1. The summed E-state index contributed by atoms with van der Waals surface area (Å²) in [4.78, 5) is 18.6. The third-order valence-electron chi connectivity index (χ3n) is 5.36. The van der Waals surface area contributed by atoms with E-state index in [0.29, 0.717) is 45.4 Å². The fourth-order valence-corrected chi connectivity index (χ4v) is 3.78. The predicted molar refractivity (Wildman–Crippen MR) is 99.0 cm³/mol. The molecule has 0 bridgehead atoms. The van der Waals surface area contributed by atoms with Crippen LogP contribution in [-0.4, -0.2) is 49.2 Å². The monoisotopic (exact) mass is 360 g/mol. The average Bonchev–Trinajstić information content (AvgIpc) is 3.11. The lowest BCUT2D eigenvalue weighted by Crippen LogP contribution is -2.47. The van der Waals surface area contributed by atoms with Crippen LogP contribution in [0, 0.1) is 12.3 Å². The number of aliphatic hydroxyl groups excluding tert-OH is 1. The Kier molecular flexibility index (Phi) is 6.27. The largest absolute Gasteiger partial charge is 0.396 e. The van der Waals surface area contributed by atoms with Crippen molar-refractivity contribution in [2.24, 2.45) is 10.6 Å². The normalized spacial score (nSPS) is 21.8. The minimum Gasteiger partial charge on any atom is -0.396 e. The Labute approximate surface area is 154 Å². The van der Waals surface area contributed by atoms with Crippen LogP contribution in [0.3, 0.4) is 0 Å². The van der Waals surface area contributed by atoms with Crippen molar-refractivity contribution >= 4 is 11.6 Å². The van der Waals surface area contributed by atoms with Gasteiger partial charge >= 0.3 is 0 Å². The molecule has 1 unspecified atom stereocenters. The highest BCUT2D eigenvalue weighted by atomic mass is 16.6. The molecule has 142 valence electrons. The molecule has 2 N–H and O–H groups in total. The number of amides is 1. The van der Waals surface area contributed by atoms with Crippen LogP contribution >= 0.6 is 0 Å². The van der Waals surface area contributed by atoms with Crippen molar-refractivity contribution in [3.05, 3.63) is 35.4 Å². The van der Waals surface area contributed by atoms with Crippen LogP contribution in [0.1, 0.15) is 43.2 Å². The van der Waals surface area contributed by atoms with E-state index in [0.717, 1.165) is 17.7 Å². The van der Waals surface area contributed by atoms with E-state index in [-0.39, 0.29) is 18.6 Å². The molecule has 0 spiro atoms. The topological polar surface area (TPSA) is 80.2 Å². The van der Waals surface area contributed by atoms with Crippen molar-refractivity contribution in [1.29, 1.82) is 0 Å². The lowest BCUT2D eigenvalue weighted by Gasteiger charge is -2.36. The van der Waals surface area contributed by atoms with Gasteiger partial charge < -0.3 is 20.0 Å². The van der Waals surface area contributed by atoms with Crippen molar-refractivity contribution in [2.45, 2.75) is 45.1 Å². The molecule has 0 aliphatic carbocycles. The number of nitrogens with one attached hydrogen (secondary N) is 1. The van der Waals surface area contributed by atoms with Gasteiger partial charge in [-0.2, -0.15) is 0 Å². The number of aliphatic hydroxyl groups is 1. The number of aryl methyl sites for hydroxylation is 1. The van der Waals surface area contributed by atoms with E-state index in [9.17, 15) is 4.79 Å². The first kappa shape index (κ1) is 18.9. The lowest BCUT2D eigenvalue weighted by molar-refractivity contribution is -0.140. The molecule has 0 saturated carbocycles. The van der Waals surface area contributed by atoms with Crippen molar-refractivity contribution in [1.82, 2.24) is 5.32 Å². The fraction of sp³-hybridized carbons (Fsp3) is 0.600. The highest BCUT2D eigenvalue weighted by Crippen LogP contribution is 2.38. The quantitative estimate of drug-likeness (QED) is 0.731. The zero-order valence-electron chi connectivity index (χ0n) is 15.4. The second-order valence-corrected chi connectivity index (χ2v) is 7.21. The molecule has 2 aliphatic rings. The van der Waals surface area contributed by atoms with E-state index in [4.69, 9.17) is 14.7 Å². The first-order chi connectivity index (χ1) is 12.6. The number of ether oxygens (including phenoxy) is 1. The van der Waals surface area contributed by atoms with Crippen LogP contribution < -0.4 is 5.32 Å². The molecule has 26 heavy (non-hydrogen) atoms. The van der Waals surface area contributed by atoms with Crippen molar-refractivity contribution in [3.8, 4) is 0 Å². The molecule has 1 amide bonds. The number of nitrogens with zero attached hydrogens (tertiary/aromatic N) is 1. The van der Waals surface area contributed by atoms with E-state index in [2.05, 4.69) is 29.5 Å². The SMILES string of the molecule is Cc1ccccc1C1=NOC(CC2(C(=O)NCCCO)CCOCC2)C1. The summed E-state index contributed by atoms with van der Waals surface area (Å²) in [5.74, 6) is 0.0437. The highest BCUT2D eigenvalue weighted by Gasteiger charge is 2.43. The van der Waals surface area contributed by atoms with Gasteiger partial charge in [0.25, 0.3) is 0 Å². The van der Waals surface area contributed by atoms with Gasteiger partial charge in [0.05, 0.1) is 11.1 Å². The molecule has 1 aromatic rings. The third kappa shape index (κ3) is 4.24. The predicted octanol–water partition coefficient (Wildman–Crippen LogP) is 2.17. The maximum atomic E-state index is 12.8. The Morgan fingerprint density at radius 3 is 2.85 bits per heavy atom. The van der Waals surface area contributed by atoms with E-state index in [1.807, 2.05) is 12.1 Å². The third-order valence-corrected chi connectivity index (χ3v) is 5.36. The Morgan fingerprint density at radius 2 is 2.12 bits per heavy atom. The Morgan fingerprint density at radius 1 is 1.35 bits per heavy atom. The first-order valence-electron chi connectivity index (χ1n) is 9.40. The number of hydrogen-bond donors (Lipinski definition) is 2. The minimum atomic E-state index is -0.477. The summed E-state index contributed by atoms with van der Waals surface area (Å²) in [7, 11) is 0. The molecule has 0 radical (unpaired) electrons. The molecular formula is C20H28N2O4. The van der Waals surface area contributed by atoms with Gasteiger partial charge in [0.2, 0.25) is 5.91 Å². The van der Waals surface area contributed by atoms with Gasteiger partial charge in [-0.15, -0.1) is 0 Å². The average molecular weight is 360 g/mol. The van der Waals surface area contributed by atoms with Crippen LogP contribution in [0.15, 0.2) is 29.4 Å². The van der Waals surface area contributed by atoms with E-state index in [1.165, 1.54) is 5.56 Å². The Balaban J connectivity index is 1.65. The summed E-state index contributed by atoms with van der Waals surface area (Å²) >= 11 is 0. The number of rotatable bonds is 7. The number of hydrogen-bond acceptors (Lipinski definition) is 5. The summed E-state index contributed by atoms with van der Waals surface area (Å²) in [5.41, 5.74) is 2.77. The van der Waals surface area contributed by atoms with Gasteiger partial charge in [-0.05, 0) is 31.7 Å². The zero-order valence-corrected chi connectivity index (χ0v) is 15.4. The summed E-state index contributed by atoms with van der Waals surface area (Å²) < 4.78 is 5.48. The van der Waals surface area contributed by atoms with E-state index in [1.54, 1.807) is 0 Å². The standard InChI is InChI=1S/C20H28N2O4/c1-15-5-2-3-6-17(15)18-13-16(26-22-18)14-20(7-11-25-12-8-20)19(24)21-9-4-10-23/h2-3,5-6,16,23H,4,7-14H2,1H3,(H,21,24). The zero-order chi connectivity index (χ0) is 18.4.